The molecule has 1 saturated heterocycles. The Labute approximate surface area is 106 Å². The average Bonchev–Trinajstić information content (AvgIpc) is 2.77. The SMILES string of the molecule is CNCC1CCCN1c1ncc(C)cc1[N+](=O)[O-]. The third-order valence-electron chi connectivity index (χ3n) is 3.27. The Morgan fingerprint density at radius 3 is 3.11 bits per heavy atom. The van der Waals surface area contributed by atoms with Crippen LogP contribution < -0.4 is 10.2 Å². The second-order valence-corrected chi connectivity index (χ2v) is 4.66. The van der Waals surface area contributed by atoms with Crippen molar-refractivity contribution < 1.29 is 4.92 Å². The topological polar surface area (TPSA) is 71.3 Å². The Hall–Kier alpha value is -1.69. The van der Waals surface area contributed by atoms with Crippen molar-refractivity contribution in [3.8, 4) is 0 Å². The van der Waals surface area contributed by atoms with Crippen LogP contribution in [-0.4, -0.2) is 36.1 Å². The molecule has 1 aliphatic rings. The predicted octanol–water partition coefficient (Wildman–Crippen LogP) is 1.49. The molecule has 0 bridgehead atoms. The highest BCUT2D eigenvalue weighted by molar-refractivity contribution is 5.59. The normalized spacial score (nSPS) is 19.2. The van der Waals surface area contributed by atoms with E-state index in [9.17, 15) is 10.1 Å². The van der Waals surface area contributed by atoms with E-state index in [2.05, 4.69) is 10.3 Å². The van der Waals surface area contributed by atoms with Crippen molar-refractivity contribution in [1.82, 2.24) is 10.3 Å². The van der Waals surface area contributed by atoms with Gasteiger partial charge in [-0.15, -0.1) is 0 Å². The zero-order valence-electron chi connectivity index (χ0n) is 10.7. The summed E-state index contributed by atoms with van der Waals surface area (Å²) in [5.74, 6) is 0.503. The Morgan fingerprint density at radius 2 is 2.44 bits per heavy atom. The molecule has 1 unspecified atom stereocenters. The van der Waals surface area contributed by atoms with E-state index in [1.807, 2.05) is 18.9 Å². The van der Waals surface area contributed by atoms with Crippen LogP contribution in [0, 0.1) is 17.0 Å². The number of aryl methyl sites for hydroxylation is 1. The van der Waals surface area contributed by atoms with Gasteiger partial charge in [0, 0.05) is 31.4 Å². The third-order valence-corrected chi connectivity index (χ3v) is 3.27. The average molecular weight is 250 g/mol. The zero-order chi connectivity index (χ0) is 13.1. The first-order valence-corrected chi connectivity index (χ1v) is 6.15. The molecule has 18 heavy (non-hydrogen) atoms. The molecule has 0 amide bonds. The minimum absolute atomic E-state index is 0.109. The maximum Gasteiger partial charge on any atom is 0.311 e. The molecule has 2 rings (SSSR count). The van der Waals surface area contributed by atoms with Crippen molar-refractivity contribution >= 4 is 11.5 Å². The van der Waals surface area contributed by atoms with Gasteiger partial charge in [0.05, 0.1) is 4.92 Å². The summed E-state index contributed by atoms with van der Waals surface area (Å²) in [6.45, 7) is 3.48. The fraction of sp³-hybridized carbons (Fsp3) is 0.583. The van der Waals surface area contributed by atoms with Gasteiger partial charge in [-0.1, -0.05) is 0 Å². The van der Waals surface area contributed by atoms with Gasteiger partial charge < -0.3 is 10.2 Å². The number of anilines is 1. The van der Waals surface area contributed by atoms with Crippen LogP contribution in [0.1, 0.15) is 18.4 Å². The van der Waals surface area contributed by atoms with Crippen LogP contribution in [0.5, 0.6) is 0 Å². The number of rotatable bonds is 4. The highest BCUT2D eigenvalue weighted by atomic mass is 16.6. The van der Waals surface area contributed by atoms with Crippen LogP contribution in [0.3, 0.4) is 0 Å². The Kier molecular flexibility index (Phi) is 3.76. The zero-order valence-corrected chi connectivity index (χ0v) is 10.7. The maximum absolute atomic E-state index is 11.1. The molecule has 0 spiro atoms. The van der Waals surface area contributed by atoms with Gasteiger partial charge in [-0.25, -0.2) is 4.98 Å². The Morgan fingerprint density at radius 1 is 1.67 bits per heavy atom. The molecular formula is C12H18N4O2. The first-order chi connectivity index (χ1) is 8.63. The van der Waals surface area contributed by atoms with Gasteiger partial charge >= 0.3 is 5.69 Å². The molecule has 6 nitrogen and oxygen atoms in total. The highest BCUT2D eigenvalue weighted by Gasteiger charge is 2.30. The predicted molar refractivity (Wildman–Crippen MR) is 69.9 cm³/mol. The molecular weight excluding hydrogens is 232 g/mol. The van der Waals surface area contributed by atoms with E-state index in [1.54, 1.807) is 12.3 Å². The molecule has 0 aliphatic carbocycles. The van der Waals surface area contributed by atoms with Crippen LogP contribution >= 0.6 is 0 Å². The lowest BCUT2D eigenvalue weighted by Gasteiger charge is -2.25. The number of hydrogen-bond acceptors (Lipinski definition) is 5. The van der Waals surface area contributed by atoms with Crippen molar-refractivity contribution in [3.63, 3.8) is 0 Å². The summed E-state index contributed by atoms with van der Waals surface area (Å²) >= 11 is 0. The number of likely N-dealkylation sites (N-methyl/N-ethyl adjacent to an activating group) is 1. The lowest BCUT2D eigenvalue weighted by molar-refractivity contribution is -0.384. The molecule has 1 atom stereocenters. The van der Waals surface area contributed by atoms with Crippen molar-refractivity contribution in [2.24, 2.45) is 0 Å². The molecule has 0 aromatic carbocycles. The van der Waals surface area contributed by atoms with Crippen molar-refractivity contribution in [2.75, 3.05) is 25.0 Å². The second kappa shape index (κ2) is 5.30. The van der Waals surface area contributed by atoms with E-state index in [4.69, 9.17) is 0 Å². The summed E-state index contributed by atoms with van der Waals surface area (Å²) in [4.78, 5) is 17.1. The molecule has 1 N–H and O–H groups in total. The Bertz CT molecular complexity index is 450. The fourth-order valence-electron chi connectivity index (χ4n) is 2.46. The third kappa shape index (κ3) is 2.43. The summed E-state index contributed by atoms with van der Waals surface area (Å²) in [5, 5.41) is 14.2. The van der Waals surface area contributed by atoms with Gasteiger partial charge in [-0.2, -0.15) is 0 Å². The molecule has 1 aromatic rings. The highest BCUT2D eigenvalue weighted by Crippen LogP contribution is 2.31. The van der Waals surface area contributed by atoms with Gasteiger partial charge in [0.1, 0.15) is 0 Å². The van der Waals surface area contributed by atoms with E-state index in [1.165, 1.54) is 0 Å². The van der Waals surface area contributed by atoms with Gasteiger partial charge in [-0.3, -0.25) is 10.1 Å². The van der Waals surface area contributed by atoms with Crippen molar-refractivity contribution in [2.45, 2.75) is 25.8 Å². The van der Waals surface area contributed by atoms with Crippen LogP contribution in [0.4, 0.5) is 11.5 Å². The van der Waals surface area contributed by atoms with Crippen LogP contribution in [0.25, 0.3) is 0 Å². The van der Waals surface area contributed by atoms with Crippen molar-refractivity contribution in [1.29, 1.82) is 0 Å². The minimum atomic E-state index is -0.343. The van der Waals surface area contributed by atoms with E-state index in [0.717, 1.165) is 31.5 Å². The standard InChI is InChI=1S/C12H18N4O2/c1-9-6-11(16(17)18)12(14-7-9)15-5-3-4-10(15)8-13-2/h6-7,10,13H,3-5,8H2,1-2H3. The lowest BCUT2D eigenvalue weighted by atomic mass is 10.2. The van der Waals surface area contributed by atoms with Crippen LogP contribution in [-0.2, 0) is 0 Å². The molecule has 1 aromatic heterocycles. The fourth-order valence-corrected chi connectivity index (χ4v) is 2.46. The van der Waals surface area contributed by atoms with Crippen molar-refractivity contribution in [3.05, 3.63) is 27.9 Å². The monoisotopic (exact) mass is 250 g/mol. The number of aromatic nitrogens is 1. The molecule has 1 aliphatic heterocycles. The number of nitro groups is 1. The number of pyridine rings is 1. The molecule has 0 radical (unpaired) electrons. The molecule has 2 heterocycles. The van der Waals surface area contributed by atoms with Gasteiger partial charge in [-0.05, 0) is 32.4 Å². The quantitative estimate of drug-likeness (QED) is 0.647. The van der Waals surface area contributed by atoms with E-state index in [0.29, 0.717) is 11.9 Å². The van der Waals surface area contributed by atoms with Gasteiger partial charge in [0.2, 0.25) is 5.82 Å². The first-order valence-electron chi connectivity index (χ1n) is 6.15. The lowest BCUT2D eigenvalue weighted by Crippen LogP contribution is -2.37. The second-order valence-electron chi connectivity index (χ2n) is 4.66. The number of nitrogens with one attached hydrogen (secondary N) is 1. The summed E-state index contributed by atoms with van der Waals surface area (Å²) in [5.41, 5.74) is 0.924. The first kappa shape index (κ1) is 12.8. The summed E-state index contributed by atoms with van der Waals surface area (Å²) in [6, 6.07) is 1.89. The van der Waals surface area contributed by atoms with Crippen LogP contribution in [0.15, 0.2) is 12.3 Å². The summed E-state index contributed by atoms with van der Waals surface area (Å²) < 4.78 is 0. The maximum atomic E-state index is 11.1. The molecule has 98 valence electrons. The summed E-state index contributed by atoms with van der Waals surface area (Å²) in [7, 11) is 1.90. The molecule has 6 heteroatoms. The van der Waals surface area contributed by atoms with Gasteiger partial charge in [0.15, 0.2) is 0 Å². The number of nitrogens with zero attached hydrogens (tertiary/aromatic N) is 3. The Balaban J connectivity index is 2.34. The van der Waals surface area contributed by atoms with E-state index in [-0.39, 0.29) is 10.6 Å². The number of hydrogen-bond donors (Lipinski definition) is 1. The van der Waals surface area contributed by atoms with E-state index >= 15 is 0 Å². The van der Waals surface area contributed by atoms with Gasteiger partial charge in [0.25, 0.3) is 0 Å². The van der Waals surface area contributed by atoms with Crippen LogP contribution in [0.2, 0.25) is 0 Å². The molecule has 0 saturated carbocycles. The largest absolute Gasteiger partial charge is 0.347 e. The smallest absolute Gasteiger partial charge is 0.311 e. The van der Waals surface area contributed by atoms with E-state index < -0.39 is 0 Å². The minimum Gasteiger partial charge on any atom is -0.347 e. The molecule has 1 fully saturated rings. The summed E-state index contributed by atoms with van der Waals surface area (Å²) in [6.07, 6.45) is 3.80.